The van der Waals surface area contributed by atoms with Crippen LogP contribution in [0, 0.1) is 0 Å². The quantitative estimate of drug-likeness (QED) is 0.850. The van der Waals surface area contributed by atoms with Crippen LogP contribution in [0.3, 0.4) is 0 Å². The van der Waals surface area contributed by atoms with Crippen molar-refractivity contribution < 1.29 is 8.42 Å². The molecule has 2 rings (SSSR count). The molecule has 0 atom stereocenters. The molecule has 4 nitrogen and oxygen atoms in total. The number of nitrogens with zero attached hydrogens (tertiary/aromatic N) is 1. The van der Waals surface area contributed by atoms with Gasteiger partial charge in [-0.3, -0.25) is 0 Å². The largest absolute Gasteiger partial charge is 0.399 e. The van der Waals surface area contributed by atoms with Crippen LogP contribution in [0.5, 0.6) is 0 Å². The molecule has 0 radical (unpaired) electrons. The van der Waals surface area contributed by atoms with E-state index in [4.69, 9.17) is 5.73 Å². The van der Waals surface area contributed by atoms with Crippen molar-refractivity contribution in [3.63, 3.8) is 0 Å². The Labute approximate surface area is 119 Å². The molecule has 1 aromatic rings. The van der Waals surface area contributed by atoms with Crippen molar-refractivity contribution in [3.8, 4) is 0 Å². The minimum absolute atomic E-state index is 0.144. The van der Waals surface area contributed by atoms with Gasteiger partial charge in [0.1, 0.15) is 0 Å². The molecule has 1 heterocycles. The summed E-state index contributed by atoms with van der Waals surface area (Å²) in [6, 6.07) is 6.41. The van der Waals surface area contributed by atoms with Gasteiger partial charge in [0.15, 0.2) is 0 Å². The minimum Gasteiger partial charge on any atom is -0.399 e. The van der Waals surface area contributed by atoms with Crippen molar-refractivity contribution in [2.45, 2.75) is 29.9 Å². The molecule has 2 N–H and O–H groups in total. The van der Waals surface area contributed by atoms with Crippen LogP contribution in [-0.2, 0) is 10.0 Å². The lowest BCUT2D eigenvalue weighted by atomic mass is 10.1. The molecule has 1 aromatic carbocycles. The Bertz CT molecular complexity index is 538. The van der Waals surface area contributed by atoms with Gasteiger partial charge in [-0.15, -0.1) is 0 Å². The van der Waals surface area contributed by atoms with Gasteiger partial charge in [0.25, 0.3) is 0 Å². The third-order valence-electron chi connectivity index (χ3n) is 3.31. The fourth-order valence-corrected chi connectivity index (χ4v) is 4.69. The minimum atomic E-state index is -3.39. The summed E-state index contributed by atoms with van der Waals surface area (Å²) < 4.78 is 26.8. The summed E-state index contributed by atoms with van der Waals surface area (Å²) >= 11 is 1.83. The van der Waals surface area contributed by atoms with Gasteiger partial charge in [-0.05, 0) is 30.7 Å². The number of thioether (sulfide) groups is 1. The van der Waals surface area contributed by atoms with Crippen LogP contribution in [0.2, 0.25) is 0 Å². The average molecular weight is 300 g/mol. The molecule has 106 valence electrons. The smallest absolute Gasteiger partial charge is 0.243 e. The third kappa shape index (κ3) is 3.43. The highest BCUT2D eigenvalue weighted by Gasteiger charge is 2.30. The van der Waals surface area contributed by atoms with Gasteiger partial charge in [-0.2, -0.15) is 16.1 Å². The molecule has 19 heavy (non-hydrogen) atoms. The van der Waals surface area contributed by atoms with Crippen molar-refractivity contribution in [2.24, 2.45) is 0 Å². The Morgan fingerprint density at radius 1 is 1.21 bits per heavy atom. The first-order valence-electron chi connectivity index (χ1n) is 6.31. The first kappa shape index (κ1) is 14.7. The molecule has 1 fully saturated rings. The SMILES string of the molecule is CC1(C)CCN(S(=O)(=O)c2ccc(N)cc2)CCS1. The van der Waals surface area contributed by atoms with E-state index in [1.54, 1.807) is 28.6 Å². The molecule has 1 aliphatic rings. The zero-order valence-corrected chi connectivity index (χ0v) is 12.9. The second-order valence-electron chi connectivity index (χ2n) is 5.33. The zero-order valence-electron chi connectivity index (χ0n) is 11.3. The summed E-state index contributed by atoms with van der Waals surface area (Å²) in [6.07, 6.45) is 0.867. The van der Waals surface area contributed by atoms with Crippen molar-refractivity contribution in [1.82, 2.24) is 4.31 Å². The van der Waals surface area contributed by atoms with Crippen LogP contribution in [0.25, 0.3) is 0 Å². The maximum atomic E-state index is 12.5. The Hall–Kier alpha value is -0.720. The molecular weight excluding hydrogens is 280 g/mol. The number of anilines is 1. The summed E-state index contributed by atoms with van der Waals surface area (Å²) in [5, 5.41) is 0. The number of nitrogens with two attached hydrogens (primary N) is 1. The van der Waals surface area contributed by atoms with Crippen LogP contribution in [0.1, 0.15) is 20.3 Å². The topological polar surface area (TPSA) is 63.4 Å². The van der Waals surface area contributed by atoms with Gasteiger partial charge in [0.2, 0.25) is 10.0 Å². The highest BCUT2D eigenvalue weighted by Crippen LogP contribution is 2.32. The summed E-state index contributed by atoms with van der Waals surface area (Å²) in [5.74, 6) is 0.835. The molecule has 0 amide bonds. The van der Waals surface area contributed by atoms with Gasteiger partial charge >= 0.3 is 0 Å². The predicted molar refractivity (Wildman–Crippen MR) is 80.8 cm³/mol. The lowest BCUT2D eigenvalue weighted by Crippen LogP contribution is -2.33. The van der Waals surface area contributed by atoms with E-state index in [-0.39, 0.29) is 4.75 Å². The van der Waals surface area contributed by atoms with E-state index in [0.29, 0.717) is 23.7 Å². The number of benzene rings is 1. The number of sulfonamides is 1. The van der Waals surface area contributed by atoms with Crippen molar-refractivity contribution in [3.05, 3.63) is 24.3 Å². The Kier molecular flexibility index (Phi) is 4.13. The number of rotatable bonds is 2. The average Bonchev–Trinajstić information content (AvgIpc) is 2.51. The number of hydrogen-bond donors (Lipinski definition) is 1. The first-order chi connectivity index (χ1) is 8.81. The zero-order chi connectivity index (χ0) is 14.1. The van der Waals surface area contributed by atoms with Gasteiger partial charge in [-0.25, -0.2) is 8.42 Å². The normalized spacial score (nSPS) is 20.9. The van der Waals surface area contributed by atoms with E-state index in [1.807, 2.05) is 11.8 Å². The van der Waals surface area contributed by atoms with Crippen LogP contribution in [0.4, 0.5) is 5.69 Å². The Morgan fingerprint density at radius 3 is 2.47 bits per heavy atom. The van der Waals surface area contributed by atoms with Crippen LogP contribution in [-0.4, -0.2) is 36.3 Å². The molecule has 1 saturated heterocycles. The highest BCUT2D eigenvalue weighted by molar-refractivity contribution is 8.00. The van der Waals surface area contributed by atoms with Crippen LogP contribution >= 0.6 is 11.8 Å². The fourth-order valence-electron chi connectivity index (χ4n) is 2.03. The predicted octanol–water partition coefficient (Wildman–Crippen LogP) is 2.17. The third-order valence-corrected chi connectivity index (χ3v) is 6.60. The summed E-state index contributed by atoms with van der Waals surface area (Å²) in [6.45, 7) is 5.47. The fraction of sp³-hybridized carbons (Fsp3) is 0.538. The number of hydrogen-bond acceptors (Lipinski definition) is 4. The maximum absolute atomic E-state index is 12.5. The lowest BCUT2D eigenvalue weighted by molar-refractivity contribution is 0.415. The number of nitrogen functional groups attached to an aromatic ring is 1. The summed E-state index contributed by atoms with van der Waals surface area (Å²) in [4.78, 5) is 0.325. The maximum Gasteiger partial charge on any atom is 0.243 e. The van der Waals surface area contributed by atoms with Gasteiger partial charge in [-0.1, -0.05) is 13.8 Å². The van der Waals surface area contributed by atoms with Crippen molar-refractivity contribution in [1.29, 1.82) is 0 Å². The van der Waals surface area contributed by atoms with Gasteiger partial charge in [0, 0.05) is 29.3 Å². The van der Waals surface area contributed by atoms with E-state index < -0.39 is 10.0 Å². The molecule has 1 aliphatic heterocycles. The summed E-state index contributed by atoms with van der Waals surface area (Å²) in [5.41, 5.74) is 6.17. The van der Waals surface area contributed by atoms with Gasteiger partial charge in [0.05, 0.1) is 4.90 Å². The first-order valence-corrected chi connectivity index (χ1v) is 8.73. The van der Waals surface area contributed by atoms with E-state index in [2.05, 4.69) is 13.8 Å². The van der Waals surface area contributed by atoms with E-state index in [1.165, 1.54) is 0 Å². The lowest BCUT2D eigenvalue weighted by Gasteiger charge is -2.22. The van der Waals surface area contributed by atoms with Crippen molar-refractivity contribution >= 4 is 27.5 Å². The van der Waals surface area contributed by atoms with Gasteiger partial charge < -0.3 is 5.73 Å². The molecule has 0 spiro atoms. The standard InChI is InChI=1S/C13H20N2O2S2/c1-13(2)7-8-15(9-10-18-13)19(16,17)12-5-3-11(14)4-6-12/h3-6H,7-10,14H2,1-2H3. The monoisotopic (exact) mass is 300 g/mol. The molecule has 0 aromatic heterocycles. The van der Waals surface area contributed by atoms with E-state index >= 15 is 0 Å². The van der Waals surface area contributed by atoms with Crippen molar-refractivity contribution in [2.75, 3.05) is 24.6 Å². The second kappa shape index (κ2) is 5.34. The Balaban J connectivity index is 2.22. The molecule has 0 bridgehead atoms. The molecule has 0 unspecified atom stereocenters. The second-order valence-corrected chi connectivity index (χ2v) is 9.07. The highest BCUT2D eigenvalue weighted by atomic mass is 32.2. The van der Waals surface area contributed by atoms with E-state index in [9.17, 15) is 8.42 Å². The molecular formula is C13H20N2O2S2. The molecule has 6 heteroatoms. The summed E-state index contributed by atoms with van der Waals surface area (Å²) in [7, 11) is -3.39. The van der Waals surface area contributed by atoms with Crippen LogP contribution < -0.4 is 5.73 Å². The van der Waals surface area contributed by atoms with Crippen LogP contribution in [0.15, 0.2) is 29.2 Å². The van der Waals surface area contributed by atoms with E-state index in [0.717, 1.165) is 12.2 Å². The molecule has 0 aliphatic carbocycles. The molecule has 0 saturated carbocycles. The Morgan fingerprint density at radius 2 is 1.84 bits per heavy atom.